The monoisotopic (exact) mass is 358 g/mol. The molecule has 0 saturated carbocycles. The van der Waals surface area contributed by atoms with Crippen LogP contribution in [0.15, 0.2) is 17.2 Å². The number of halogens is 3. The largest absolute Gasteiger partial charge is 0.492 e. The number of methoxy groups -OCH3 is 1. The summed E-state index contributed by atoms with van der Waals surface area (Å²) in [5, 5.41) is 0.861. The number of hydrogen-bond acceptors (Lipinski definition) is 2. The molecule has 0 aliphatic heterocycles. The number of Topliss-reactive ketones (excluding diaryl/α,β-unsaturated/α-hetero) is 1. The molecule has 1 aromatic rings. The lowest BCUT2D eigenvalue weighted by atomic mass is 9.76. The quantitative estimate of drug-likeness (QED) is 0.629. The Morgan fingerprint density at radius 2 is 2.22 bits per heavy atom. The van der Waals surface area contributed by atoms with Crippen molar-refractivity contribution in [3.05, 3.63) is 39.1 Å². The number of carbonyl (C=O) groups excluding carboxylic acids is 1. The second-order valence-corrected chi connectivity index (χ2v) is 7.09. The fourth-order valence-electron chi connectivity index (χ4n) is 3.23. The van der Waals surface area contributed by atoms with E-state index in [9.17, 15) is 9.18 Å². The van der Waals surface area contributed by atoms with E-state index in [1.807, 2.05) is 6.08 Å². The Balaban J connectivity index is 2.50. The molecule has 126 valence electrons. The SMILES string of the molecule is CCCC[C@]1(CC=C(C)Cl)Cc2c(cc(F)c(OC)c2Cl)C1=O. The van der Waals surface area contributed by atoms with Crippen molar-refractivity contribution < 1.29 is 13.9 Å². The van der Waals surface area contributed by atoms with Gasteiger partial charge in [0.1, 0.15) is 0 Å². The molecule has 23 heavy (non-hydrogen) atoms. The van der Waals surface area contributed by atoms with Crippen molar-refractivity contribution in [1.82, 2.24) is 0 Å². The zero-order valence-corrected chi connectivity index (χ0v) is 15.2. The fourth-order valence-corrected chi connectivity index (χ4v) is 3.64. The molecule has 0 unspecified atom stereocenters. The normalized spacial score (nSPS) is 20.8. The van der Waals surface area contributed by atoms with Gasteiger partial charge < -0.3 is 4.74 Å². The minimum absolute atomic E-state index is 0.00794. The smallest absolute Gasteiger partial charge is 0.173 e. The summed E-state index contributed by atoms with van der Waals surface area (Å²) in [5.41, 5.74) is 0.480. The average Bonchev–Trinajstić information content (AvgIpc) is 2.78. The summed E-state index contributed by atoms with van der Waals surface area (Å²) in [7, 11) is 1.37. The van der Waals surface area contributed by atoms with Gasteiger partial charge in [-0.3, -0.25) is 4.79 Å². The molecule has 0 fully saturated rings. The topological polar surface area (TPSA) is 26.3 Å². The highest BCUT2D eigenvalue weighted by Crippen LogP contribution is 2.48. The first-order valence-electron chi connectivity index (χ1n) is 7.78. The fraction of sp³-hybridized carbons (Fsp3) is 0.500. The van der Waals surface area contributed by atoms with E-state index in [1.165, 1.54) is 13.2 Å². The van der Waals surface area contributed by atoms with Crippen LogP contribution in [0.5, 0.6) is 5.75 Å². The molecule has 1 aliphatic rings. The van der Waals surface area contributed by atoms with Gasteiger partial charge in [-0.1, -0.05) is 49.0 Å². The van der Waals surface area contributed by atoms with Crippen LogP contribution in [0.25, 0.3) is 0 Å². The minimum Gasteiger partial charge on any atom is -0.492 e. The molecule has 0 saturated heterocycles. The van der Waals surface area contributed by atoms with E-state index in [-0.39, 0.29) is 16.6 Å². The highest BCUT2D eigenvalue weighted by Gasteiger charge is 2.46. The number of ketones is 1. The number of rotatable bonds is 6. The first-order chi connectivity index (χ1) is 10.9. The van der Waals surface area contributed by atoms with Crippen LogP contribution in [0.4, 0.5) is 4.39 Å². The van der Waals surface area contributed by atoms with Gasteiger partial charge in [0.15, 0.2) is 17.3 Å². The molecule has 0 spiro atoms. The Morgan fingerprint density at radius 3 is 2.78 bits per heavy atom. The van der Waals surface area contributed by atoms with Crippen molar-refractivity contribution in [3.63, 3.8) is 0 Å². The molecule has 2 rings (SSSR count). The van der Waals surface area contributed by atoms with Crippen LogP contribution in [-0.2, 0) is 6.42 Å². The number of ether oxygens (including phenoxy) is 1. The van der Waals surface area contributed by atoms with Gasteiger partial charge in [-0.15, -0.1) is 0 Å². The number of allylic oxidation sites excluding steroid dienone is 2. The summed E-state index contributed by atoms with van der Waals surface area (Å²) in [5.74, 6) is -0.632. The predicted octanol–water partition coefficient (Wildman–Crippen LogP) is 5.94. The summed E-state index contributed by atoms with van der Waals surface area (Å²) >= 11 is 12.2. The van der Waals surface area contributed by atoms with Crippen LogP contribution in [-0.4, -0.2) is 12.9 Å². The van der Waals surface area contributed by atoms with E-state index < -0.39 is 11.2 Å². The second-order valence-electron chi connectivity index (χ2n) is 6.12. The summed E-state index contributed by atoms with van der Waals surface area (Å²) in [6.07, 6.45) is 5.54. The number of fused-ring (bicyclic) bond motifs is 1. The van der Waals surface area contributed by atoms with Gasteiger partial charge in [-0.05, 0) is 37.8 Å². The number of unbranched alkanes of at least 4 members (excludes halogenated alkanes) is 1. The van der Waals surface area contributed by atoms with Crippen LogP contribution < -0.4 is 4.74 Å². The van der Waals surface area contributed by atoms with Crippen molar-refractivity contribution in [2.75, 3.05) is 7.11 Å². The highest BCUT2D eigenvalue weighted by molar-refractivity contribution is 6.34. The van der Waals surface area contributed by atoms with E-state index >= 15 is 0 Å². The summed E-state index contributed by atoms with van der Waals surface area (Å²) < 4.78 is 19.1. The Kier molecular flexibility index (Phi) is 5.74. The van der Waals surface area contributed by atoms with Gasteiger partial charge in [0.05, 0.1) is 12.1 Å². The molecule has 2 nitrogen and oxygen atoms in total. The first kappa shape index (κ1) is 18.3. The molecule has 1 aliphatic carbocycles. The molecular formula is C18H21Cl2FO2. The van der Waals surface area contributed by atoms with Gasteiger partial charge >= 0.3 is 0 Å². The van der Waals surface area contributed by atoms with Gasteiger partial charge in [0, 0.05) is 16.0 Å². The van der Waals surface area contributed by atoms with Crippen molar-refractivity contribution in [2.24, 2.45) is 5.41 Å². The van der Waals surface area contributed by atoms with Crippen LogP contribution in [0.2, 0.25) is 5.02 Å². The molecule has 1 atom stereocenters. The molecule has 0 radical (unpaired) electrons. The van der Waals surface area contributed by atoms with E-state index in [1.54, 1.807) is 6.92 Å². The maximum atomic E-state index is 14.1. The number of hydrogen-bond donors (Lipinski definition) is 0. The molecule has 0 aromatic heterocycles. The molecule has 0 amide bonds. The lowest BCUT2D eigenvalue weighted by Gasteiger charge is -2.26. The third-order valence-electron chi connectivity index (χ3n) is 4.51. The standard InChI is InChI=1S/C18H21Cl2FO2/c1-4-5-7-18(8-6-11(2)19)10-13-12(17(18)22)9-14(21)16(23-3)15(13)20/h6,9H,4-5,7-8,10H2,1-3H3/t18-/m0/s1. The summed E-state index contributed by atoms with van der Waals surface area (Å²) in [4.78, 5) is 13.0. The zero-order valence-electron chi connectivity index (χ0n) is 13.6. The number of carbonyl (C=O) groups is 1. The van der Waals surface area contributed by atoms with Crippen LogP contribution in [0.1, 0.15) is 55.5 Å². The molecule has 5 heteroatoms. The van der Waals surface area contributed by atoms with E-state index in [2.05, 4.69) is 6.92 Å². The lowest BCUT2D eigenvalue weighted by Crippen LogP contribution is -2.27. The van der Waals surface area contributed by atoms with Gasteiger partial charge in [0.2, 0.25) is 0 Å². The molecule has 0 heterocycles. The maximum Gasteiger partial charge on any atom is 0.173 e. The van der Waals surface area contributed by atoms with E-state index in [0.717, 1.165) is 19.3 Å². The van der Waals surface area contributed by atoms with Crippen molar-refractivity contribution in [2.45, 2.75) is 46.0 Å². The summed E-state index contributed by atoms with van der Waals surface area (Å²) in [6, 6.07) is 1.26. The van der Waals surface area contributed by atoms with E-state index in [4.69, 9.17) is 27.9 Å². The van der Waals surface area contributed by atoms with Crippen LogP contribution >= 0.6 is 23.2 Å². The van der Waals surface area contributed by atoms with Crippen LogP contribution in [0.3, 0.4) is 0 Å². The summed E-state index contributed by atoms with van der Waals surface area (Å²) in [6.45, 7) is 3.87. The second kappa shape index (κ2) is 7.23. The molecular weight excluding hydrogens is 338 g/mol. The molecule has 0 bridgehead atoms. The zero-order chi connectivity index (χ0) is 17.2. The van der Waals surface area contributed by atoms with Crippen LogP contribution in [0, 0.1) is 11.2 Å². The minimum atomic E-state index is -0.597. The number of benzene rings is 1. The highest BCUT2D eigenvalue weighted by atomic mass is 35.5. The van der Waals surface area contributed by atoms with Crippen molar-refractivity contribution in [1.29, 1.82) is 0 Å². The molecule has 0 N–H and O–H groups in total. The first-order valence-corrected chi connectivity index (χ1v) is 8.53. The predicted molar refractivity (Wildman–Crippen MR) is 92.2 cm³/mol. The third kappa shape index (κ3) is 3.41. The Morgan fingerprint density at radius 1 is 1.52 bits per heavy atom. The van der Waals surface area contributed by atoms with Gasteiger partial charge in [0.25, 0.3) is 0 Å². The Bertz CT molecular complexity index is 651. The van der Waals surface area contributed by atoms with Gasteiger partial charge in [-0.25, -0.2) is 4.39 Å². The average molecular weight is 359 g/mol. The Hall–Kier alpha value is -1.06. The van der Waals surface area contributed by atoms with Crippen molar-refractivity contribution >= 4 is 29.0 Å². The van der Waals surface area contributed by atoms with Crippen molar-refractivity contribution in [3.8, 4) is 5.75 Å². The molecule has 1 aromatic carbocycles. The lowest BCUT2D eigenvalue weighted by molar-refractivity contribution is 0.0803. The third-order valence-corrected chi connectivity index (χ3v) is 5.06. The van der Waals surface area contributed by atoms with E-state index in [0.29, 0.717) is 29.0 Å². The van der Waals surface area contributed by atoms with Gasteiger partial charge in [-0.2, -0.15) is 0 Å². The Labute approximate surface area is 146 Å². The maximum absolute atomic E-state index is 14.1.